The Labute approximate surface area is 510 Å². The summed E-state index contributed by atoms with van der Waals surface area (Å²) < 4.78 is 220. The van der Waals surface area contributed by atoms with Crippen LogP contribution in [-0.2, 0) is 60.5 Å². The third-order valence-electron chi connectivity index (χ3n) is 9.62. The van der Waals surface area contributed by atoms with Crippen LogP contribution >= 0.6 is 0 Å². The van der Waals surface area contributed by atoms with E-state index in [9.17, 15) is 42.0 Å². The third-order valence-corrected chi connectivity index (χ3v) is 10.2. The number of nitrogens with two attached hydrogens (primary N) is 1. The Kier molecular flexibility index (Phi) is 20.9. The molecule has 78 heavy (non-hydrogen) atoms. The van der Waals surface area contributed by atoms with Crippen LogP contribution in [0.2, 0.25) is 0 Å². The van der Waals surface area contributed by atoms with Gasteiger partial charge >= 0.3 is 89.2 Å². The van der Waals surface area contributed by atoms with Crippen molar-refractivity contribution in [1.82, 2.24) is 15.1 Å². The molecule has 3 aliphatic rings. The van der Waals surface area contributed by atoms with E-state index < -0.39 is 220 Å². The number of rotatable bonds is 21. The van der Waals surface area contributed by atoms with E-state index in [0.717, 1.165) is 27.2 Å². The second-order valence-electron chi connectivity index (χ2n) is 15.7. The van der Waals surface area contributed by atoms with Crippen LogP contribution in [0, 0.1) is 23.7 Å². The van der Waals surface area contributed by atoms with E-state index in [4.69, 9.17) is 72.9 Å². The molecule has 26 heteroatoms. The molecule has 5 rings (SSSR count). The van der Waals surface area contributed by atoms with E-state index in [1.807, 2.05) is 48.5 Å². The molecule has 3 heterocycles. The molecule has 0 saturated carbocycles. The molecule has 15 atom stereocenters. The first kappa shape index (κ1) is 40.4. The van der Waals surface area contributed by atoms with Crippen LogP contribution in [0.1, 0.15) is 160 Å². The number of nitrogens with zero attached hydrogens (tertiary/aromatic N) is 6. The van der Waals surface area contributed by atoms with E-state index in [1.165, 1.54) is 0 Å². The van der Waals surface area contributed by atoms with Crippen molar-refractivity contribution in [2.75, 3.05) is 26.1 Å². The zero-order valence-electron chi connectivity index (χ0n) is 68.6. The molecular formula is C52H83BLiN8O15S. The number of carbonyl (C=O) groups is 7. The molecule has 0 aromatic heterocycles. The van der Waals surface area contributed by atoms with Crippen LogP contribution in [0.4, 0.5) is 14.4 Å². The van der Waals surface area contributed by atoms with Gasteiger partial charge in [0.05, 0.1) is 24.4 Å². The Balaban J connectivity index is -0.00000123. The summed E-state index contributed by atoms with van der Waals surface area (Å²) in [5, 5.41) is 22.6. The van der Waals surface area contributed by atoms with E-state index in [-0.39, 0.29) is 46.3 Å². The molecule has 0 aliphatic carbocycles. The summed E-state index contributed by atoms with van der Waals surface area (Å²) in [6.45, 7) is -16.0. The molecule has 23 nitrogen and oxygen atoms in total. The topological polar surface area (TPSA) is 337 Å². The molecule has 0 bridgehead atoms. The molecule has 0 unspecified atom stereocenters. The fraction of sp³-hybridized carbons (Fsp3) is 0.635. The number of cyclic esters (lactones) is 3. The van der Waals surface area contributed by atoms with Gasteiger partial charge in [-0.1, -0.05) is 153 Å². The average Bonchev–Trinajstić information content (AvgIpc) is 1.58. The summed E-state index contributed by atoms with van der Waals surface area (Å²) >= 11 is 0. The van der Waals surface area contributed by atoms with Gasteiger partial charge in [0.1, 0.15) is 25.3 Å². The predicted molar refractivity (Wildman–Crippen MR) is 291 cm³/mol. The van der Waals surface area contributed by atoms with Gasteiger partial charge in [-0.15, -0.1) is 0 Å². The maximum atomic E-state index is 13.0. The molecule has 1 radical (unpaired) electrons. The fourth-order valence-electron chi connectivity index (χ4n) is 5.77. The van der Waals surface area contributed by atoms with Crippen LogP contribution in [0.3, 0.4) is 0 Å². The van der Waals surface area contributed by atoms with Gasteiger partial charge < -0.3 is 26.8 Å². The number of nitrogens with one attached hydrogen (secondary N) is 1. The number of benzene rings is 2. The molecule has 2 aromatic rings. The van der Waals surface area contributed by atoms with Crippen LogP contribution in [0.5, 0.6) is 0 Å². The van der Waals surface area contributed by atoms with Gasteiger partial charge in [0.25, 0.3) is 10.1 Å². The summed E-state index contributed by atoms with van der Waals surface area (Å²) in [5.74, 6) is -9.30. The molecular weight excluding hydrogens is 1030 g/mol. The minimum Gasteiger partial charge on any atom is -1.00 e. The van der Waals surface area contributed by atoms with E-state index in [0.29, 0.717) is 12.8 Å². The van der Waals surface area contributed by atoms with Crippen molar-refractivity contribution in [1.29, 1.82) is 0 Å². The van der Waals surface area contributed by atoms with Crippen molar-refractivity contribution in [3.05, 3.63) is 82.2 Å². The third kappa shape index (κ3) is 30.4. The first-order chi connectivity index (χ1) is 47.2. The number of hydrogen-bond acceptors (Lipinski definition) is 16. The number of azide groups is 1. The summed E-state index contributed by atoms with van der Waals surface area (Å²) in [7, 11) is 0.953. The Bertz CT molecular complexity index is 3080. The maximum absolute atomic E-state index is 13.0. The Morgan fingerprint density at radius 1 is 0.808 bits per heavy atom. The minimum absolute atomic E-state index is 0. The van der Waals surface area contributed by atoms with Gasteiger partial charge in [-0.3, -0.25) is 23.4 Å². The largest absolute Gasteiger partial charge is 1.00 e. The first-order valence-electron chi connectivity index (χ1n) is 36.7. The summed E-state index contributed by atoms with van der Waals surface area (Å²) in [4.78, 5) is 88.2. The second-order valence-corrected chi connectivity index (χ2v) is 17.3. The van der Waals surface area contributed by atoms with Gasteiger partial charge in [-0.05, 0) is 66.4 Å². The molecule has 5 N–H and O–H groups in total. The smallest absolute Gasteiger partial charge is 1.00 e. The van der Waals surface area contributed by atoms with Crippen LogP contribution in [0.25, 0.3) is 10.4 Å². The molecule has 3 fully saturated rings. The van der Waals surface area contributed by atoms with Crippen molar-refractivity contribution in [2.45, 2.75) is 163 Å². The van der Waals surface area contributed by atoms with E-state index >= 15 is 0 Å². The molecule has 3 saturated heterocycles. The Morgan fingerprint density at radius 3 is 1.73 bits per heavy atom. The van der Waals surface area contributed by atoms with Gasteiger partial charge in [0.15, 0.2) is 0 Å². The first-order valence-corrected chi connectivity index (χ1v) is 24.1. The minimum atomic E-state index is -3.87. The zero-order chi connectivity index (χ0) is 79.0. The second kappa shape index (κ2) is 40.4. The van der Waals surface area contributed by atoms with Gasteiger partial charge in [-0.25, -0.2) is 19.4 Å². The number of carboxylic acids is 2. The van der Waals surface area contributed by atoms with Gasteiger partial charge in [0, 0.05) is 52.0 Å². The summed E-state index contributed by atoms with van der Waals surface area (Å²) in [6, 6.07) is 13.9. The maximum Gasteiger partial charge on any atom is 1.00 e. The summed E-state index contributed by atoms with van der Waals surface area (Å²) in [6.07, 6.45) is -10.9. The van der Waals surface area contributed by atoms with Crippen molar-refractivity contribution in [3.8, 4) is 0 Å². The number of amides is 5. The van der Waals surface area contributed by atoms with Gasteiger partial charge in [0.2, 0.25) is 11.8 Å². The molecule has 0 spiro atoms. The van der Waals surface area contributed by atoms with E-state index in [2.05, 4.69) is 29.2 Å². The van der Waals surface area contributed by atoms with Crippen LogP contribution in [-0.4, -0.2) is 141 Å². The average molecular weight is 1140 g/mol. The SMILES string of the molecule is [2H]C([2H])[C@@H]([2H])[C@@H](CC(=O)N1C(=O)OC[C@H]1Cc1ccccc1)C([2H])[2H].[2H]C([2H])[C@@H]([2H])[C@@H](CC(=O)O)C([2H])[2H].[2H]C([2H])[C@@H]([2H])[C@H](OS(C)(=O)=O)C([2H])[2H].[2H]C([2H])[C@H]([C@H](N)C(=O)O)[C@H]([2H])C([2H])[2H].[2H]C([2H])[C@H]([C@H](N=[N+]=[N-])C(=O)N1C(=O)OC[C@H]1Cc1ccccc1)[C@H]([2H])C([2H])[2H].[B]=N[C@@H]1COC(=O)N1.[H-].[Li+]. The van der Waals surface area contributed by atoms with Gasteiger partial charge in [-0.2, -0.15) is 8.42 Å². The zero-order valence-corrected chi connectivity index (χ0v) is 43.4. The fourth-order valence-corrected chi connectivity index (χ4v) is 6.24. The van der Waals surface area contributed by atoms with E-state index in [1.54, 1.807) is 12.1 Å². The van der Waals surface area contributed by atoms with Crippen molar-refractivity contribution in [3.63, 3.8) is 0 Å². The summed E-state index contributed by atoms with van der Waals surface area (Å²) in [5.41, 5.74) is 15.8. The number of aliphatic carboxylic acids is 2. The van der Waals surface area contributed by atoms with Crippen molar-refractivity contribution >= 4 is 59.8 Å². The number of carbonyl (C=O) groups excluding carboxylic acids is 5. The predicted octanol–water partition coefficient (Wildman–Crippen LogP) is 5.55. The van der Waals surface area contributed by atoms with Crippen LogP contribution < -0.4 is 29.9 Å². The van der Waals surface area contributed by atoms with Crippen molar-refractivity contribution in [2.24, 2.45) is 39.4 Å². The quantitative estimate of drug-likeness (QED) is 0.0297. The number of hydrogen-bond donors (Lipinski definition) is 4. The standard InChI is InChI=1S/C16H20N4O3.C16H21NO3.C6H13NO2.C6H12O2.C5H12O3S.C3H4BN2O2.Li.H/c1-3-11(2)14(18-19-17)15(21)20-13(10-23-16(20)22)9-12-7-5-4-6-8-12;1-3-12(2)9-15(18)17-14(11-20-16(17)19)10-13-7-5-4-6-8-13;1-3-4(2)5(7)6(8)9;1-3-5(2)4-6(7)8;1-4-5(2)8-9(3,6)7;4-6-2-1-8-3(7)5-2;;/h4-8,11,13-14H,3,9-10H2,1-2H3;4-8,12,14H,3,9-11H2,1-2H3;4-5H,3,7H2,1-2H3,(H,8,9);5H,3-4H2,1-2H3,(H,7,8);5H,4H2,1-3H3;2H,1H2,(H,5,7);;/q;;;;;;+1;-1/t11-,13+,14-;12-,14+;4-,5-;2*5-;2-;;/m000011../s1/i4*1D2,2D2,3D;1D2,2D2,4D;;;/t3-,11+,13-,14+;3-,12+,14-;3-,4+,5+;3-,5+;4-,5-;;;/m11111.... The Morgan fingerprint density at radius 2 is 1.32 bits per heavy atom. The van der Waals surface area contributed by atoms with Crippen LogP contribution in [0.15, 0.2) is 70.7 Å². The monoisotopic (exact) mass is 1130 g/mol. The number of ether oxygens (including phenoxy) is 3. The number of alkyl carbamates (subject to hydrolysis) is 1. The molecule has 5 amide bonds. The normalized spacial score (nSPS) is 25.7. The Hall–Kier alpha value is -5.83. The molecule has 3 aliphatic heterocycles. The molecule has 431 valence electrons. The number of carboxylic acid groups (broad SMARTS) is 2. The molecule has 2 aromatic carbocycles. The van der Waals surface area contributed by atoms with Crippen molar-refractivity contribution < 1.29 is 125 Å². The number of imide groups is 2.